The highest BCUT2D eigenvalue weighted by Gasteiger charge is 2.14. The molecular formula is C21H28N4O2. The Morgan fingerprint density at radius 1 is 1.00 bits per heavy atom. The summed E-state index contributed by atoms with van der Waals surface area (Å²) in [7, 11) is 2.15. The number of hydrogen-bond acceptors (Lipinski definition) is 4. The Kier molecular flexibility index (Phi) is 6.54. The number of nitrogens with one attached hydrogen (secondary N) is 2. The van der Waals surface area contributed by atoms with E-state index in [1.165, 1.54) is 11.3 Å². The van der Waals surface area contributed by atoms with Crippen LogP contribution in [0.5, 0.6) is 5.75 Å². The number of nitrogens with zero attached hydrogens (tertiary/aromatic N) is 2. The Bertz CT molecular complexity index is 723. The van der Waals surface area contributed by atoms with Crippen molar-refractivity contribution in [2.75, 3.05) is 56.6 Å². The lowest BCUT2D eigenvalue weighted by atomic mass is 10.2. The van der Waals surface area contributed by atoms with E-state index in [1.807, 2.05) is 43.3 Å². The number of ether oxygens (including phenoxy) is 1. The number of urea groups is 1. The number of piperazine rings is 1. The zero-order valence-corrected chi connectivity index (χ0v) is 16.1. The normalized spacial score (nSPS) is 14.7. The van der Waals surface area contributed by atoms with Crippen molar-refractivity contribution >= 4 is 17.4 Å². The number of carbonyl (C=O) groups is 1. The average molecular weight is 368 g/mol. The van der Waals surface area contributed by atoms with Crippen LogP contribution in [0, 0.1) is 6.92 Å². The first-order valence-corrected chi connectivity index (χ1v) is 9.38. The molecule has 1 saturated heterocycles. The maximum atomic E-state index is 12.0. The monoisotopic (exact) mass is 368 g/mol. The molecule has 2 N–H and O–H groups in total. The van der Waals surface area contributed by atoms with Crippen LogP contribution >= 0.6 is 0 Å². The summed E-state index contributed by atoms with van der Waals surface area (Å²) in [5.74, 6) is 0.808. The van der Waals surface area contributed by atoms with Crippen molar-refractivity contribution in [3.05, 3.63) is 54.1 Å². The number of likely N-dealkylation sites (N-methyl/N-ethyl adjacent to an activating group) is 1. The fourth-order valence-electron chi connectivity index (χ4n) is 2.96. The molecule has 6 heteroatoms. The van der Waals surface area contributed by atoms with Crippen LogP contribution in [0.3, 0.4) is 0 Å². The third-order valence-corrected chi connectivity index (χ3v) is 4.67. The van der Waals surface area contributed by atoms with E-state index in [-0.39, 0.29) is 6.03 Å². The van der Waals surface area contributed by atoms with Crippen LogP contribution in [0.4, 0.5) is 16.2 Å². The van der Waals surface area contributed by atoms with Gasteiger partial charge in [-0.3, -0.25) is 0 Å². The van der Waals surface area contributed by atoms with Crippen LogP contribution < -0.4 is 20.3 Å². The second-order valence-corrected chi connectivity index (χ2v) is 6.88. The molecule has 0 aromatic heterocycles. The summed E-state index contributed by atoms with van der Waals surface area (Å²) >= 11 is 0. The highest BCUT2D eigenvalue weighted by molar-refractivity contribution is 5.89. The standard InChI is InChI=1S/C21H28N4O2/c1-17-3-9-20(10-4-17)27-16-11-22-21(26)23-18-5-7-19(8-6-18)25-14-12-24(2)13-15-25/h3-10H,11-16H2,1-2H3,(H2,22,23,26). The largest absolute Gasteiger partial charge is 0.492 e. The summed E-state index contributed by atoms with van der Waals surface area (Å²) in [6, 6.07) is 15.6. The molecule has 0 bridgehead atoms. The van der Waals surface area contributed by atoms with Crippen LogP contribution in [-0.4, -0.2) is 57.3 Å². The van der Waals surface area contributed by atoms with Crippen molar-refractivity contribution < 1.29 is 9.53 Å². The van der Waals surface area contributed by atoms with Crippen molar-refractivity contribution in [3.8, 4) is 5.75 Å². The Morgan fingerprint density at radius 2 is 1.67 bits per heavy atom. The third-order valence-electron chi connectivity index (χ3n) is 4.67. The van der Waals surface area contributed by atoms with E-state index in [0.29, 0.717) is 13.2 Å². The first kappa shape index (κ1) is 19.0. The second kappa shape index (κ2) is 9.28. The minimum Gasteiger partial charge on any atom is -0.492 e. The lowest BCUT2D eigenvalue weighted by Gasteiger charge is -2.34. The highest BCUT2D eigenvalue weighted by Crippen LogP contribution is 2.19. The smallest absolute Gasteiger partial charge is 0.319 e. The van der Waals surface area contributed by atoms with Crippen molar-refractivity contribution in [2.45, 2.75) is 6.92 Å². The number of carbonyl (C=O) groups excluding carboxylic acids is 1. The summed E-state index contributed by atoms with van der Waals surface area (Å²) < 4.78 is 5.60. The van der Waals surface area contributed by atoms with Gasteiger partial charge >= 0.3 is 6.03 Å². The van der Waals surface area contributed by atoms with Gasteiger partial charge in [0.15, 0.2) is 0 Å². The summed E-state index contributed by atoms with van der Waals surface area (Å²) in [5.41, 5.74) is 3.17. The molecule has 0 radical (unpaired) electrons. The van der Waals surface area contributed by atoms with Crippen LogP contribution in [0.1, 0.15) is 5.56 Å². The maximum Gasteiger partial charge on any atom is 0.319 e. The predicted molar refractivity (Wildman–Crippen MR) is 110 cm³/mol. The summed E-state index contributed by atoms with van der Waals surface area (Å²) in [4.78, 5) is 16.7. The number of amides is 2. The minimum absolute atomic E-state index is 0.227. The van der Waals surface area contributed by atoms with Gasteiger partial charge in [-0.2, -0.15) is 0 Å². The summed E-state index contributed by atoms with van der Waals surface area (Å²) in [5, 5.41) is 5.66. The highest BCUT2D eigenvalue weighted by atomic mass is 16.5. The second-order valence-electron chi connectivity index (χ2n) is 6.88. The van der Waals surface area contributed by atoms with Gasteiger partial charge in [0.1, 0.15) is 12.4 Å². The minimum atomic E-state index is -0.227. The van der Waals surface area contributed by atoms with Gasteiger partial charge in [-0.15, -0.1) is 0 Å². The zero-order chi connectivity index (χ0) is 19.1. The first-order valence-electron chi connectivity index (χ1n) is 9.38. The Balaban J connectivity index is 1.38. The van der Waals surface area contributed by atoms with Crippen LogP contribution in [0.25, 0.3) is 0 Å². The zero-order valence-electron chi connectivity index (χ0n) is 16.1. The van der Waals surface area contributed by atoms with Gasteiger partial charge in [0.2, 0.25) is 0 Å². The molecule has 2 aromatic rings. The number of hydrogen-bond donors (Lipinski definition) is 2. The van der Waals surface area contributed by atoms with Crippen LogP contribution in [0.15, 0.2) is 48.5 Å². The van der Waals surface area contributed by atoms with Gasteiger partial charge in [0.05, 0.1) is 6.54 Å². The summed E-state index contributed by atoms with van der Waals surface area (Å²) in [6.45, 7) is 7.13. The van der Waals surface area contributed by atoms with Gasteiger partial charge in [-0.05, 0) is 50.4 Å². The Hall–Kier alpha value is -2.73. The van der Waals surface area contributed by atoms with E-state index < -0.39 is 0 Å². The molecule has 27 heavy (non-hydrogen) atoms. The predicted octanol–water partition coefficient (Wildman–Crippen LogP) is 2.95. The molecule has 0 saturated carbocycles. The molecular weight excluding hydrogens is 340 g/mol. The first-order chi connectivity index (χ1) is 13.1. The van der Waals surface area contributed by atoms with Gasteiger partial charge < -0.3 is 25.2 Å². The number of benzene rings is 2. The average Bonchev–Trinajstić information content (AvgIpc) is 2.68. The van der Waals surface area contributed by atoms with Gasteiger partial charge in [-0.25, -0.2) is 4.79 Å². The van der Waals surface area contributed by atoms with Crippen molar-refractivity contribution in [1.29, 1.82) is 0 Å². The Labute approximate surface area is 161 Å². The molecule has 0 unspecified atom stereocenters. The molecule has 1 heterocycles. The maximum absolute atomic E-state index is 12.0. The molecule has 6 nitrogen and oxygen atoms in total. The molecule has 0 atom stereocenters. The molecule has 1 aliphatic heterocycles. The molecule has 144 valence electrons. The van der Waals surface area contributed by atoms with Gasteiger partial charge in [0.25, 0.3) is 0 Å². The van der Waals surface area contributed by atoms with E-state index in [4.69, 9.17) is 4.74 Å². The van der Waals surface area contributed by atoms with E-state index in [1.54, 1.807) is 0 Å². The topological polar surface area (TPSA) is 56.8 Å². The SMILES string of the molecule is Cc1ccc(OCCNC(=O)Nc2ccc(N3CCN(C)CC3)cc2)cc1. The molecule has 0 spiro atoms. The van der Waals surface area contributed by atoms with E-state index in [0.717, 1.165) is 37.6 Å². The van der Waals surface area contributed by atoms with Gasteiger partial charge in [-0.1, -0.05) is 17.7 Å². The molecule has 1 fully saturated rings. The molecule has 1 aliphatic rings. The fourth-order valence-corrected chi connectivity index (χ4v) is 2.96. The molecule has 2 amide bonds. The van der Waals surface area contributed by atoms with Crippen LogP contribution in [0.2, 0.25) is 0 Å². The van der Waals surface area contributed by atoms with E-state index >= 15 is 0 Å². The quantitative estimate of drug-likeness (QED) is 0.770. The van der Waals surface area contributed by atoms with Crippen LogP contribution in [-0.2, 0) is 0 Å². The third kappa shape index (κ3) is 5.89. The molecule has 0 aliphatic carbocycles. The van der Waals surface area contributed by atoms with Gasteiger partial charge in [0, 0.05) is 37.6 Å². The van der Waals surface area contributed by atoms with Crippen molar-refractivity contribution in [3.63, 3.8) is 0 Å². The number of aryl methyl sites for hydroxylation is 1. The van der Waals surface area contributed by atoms with Crippen molar-refractivity contribution in [2.24, 2.45) is 0 Å². The lowest BCUT2D eigenvalue weighted by Crippen LogP contribution is -2.44. The number of anilines is 2. The molecule has 2 aromatic carbocycles. The van der Waals surface area contributed by atoms with Crippen molar-refractivity contribution in [1.82, 2.24) is 10.2 Å². The number of rotatable bonds is 6. The molecule has 3 rings (SSSR count). The summed E-state index contributed by atoms with van der Waals surface area (Å²) in [6.07, 6.45) is 0. The Morgan fingerprint density at radius 3 is 2.33 bits per heavy atom. The fraction of sp³-hybridized carbons (Fsp3) is 0.381. The van der Waals surface area contributed by atoms with E-state index in [9.17, 15) is 4.79 Å². The van der Waals surface area contributed by atoms with E-state index in [2.05, 4.69) is 39.6 Å². The lowest BCUT2D eigenvalue weighted by molar-refractivity contribution is 0.247.